The van der Waals surface area contributed by atoms with Crippen LogP contribution in [0.2, 0.25) is 0 Å². The average molecular weight is 396 g/mol. The van der Waals surface area contributed by atoms with E-state index in [0.29, 0.717) is 17.1 Å². The van der Waals surface area contributed by atoms with Crippen molar-refractivity contribution >= 4 is 17.8 Å². The number of rotatable bonds is 7. The Balaban J connectivity index is 1.92. The number of hydrogen-bond acceptors (Lipinski definition) is 5. The van der Waals surface area contributed by atoms with E-state index < -0.39 is 23.8 Å². The van der Waals surface area contributed by atoms with E-state index in [9.17, 15) is 18.0 Å². The Hall–Kier alpha value is -3.23. The van der Waals surface area contributed by atoms with Crippen LogP contribution in [0.3, 0.4) is 0 Å². The van der Waals surface area contributed by atoms with E-state index in [1.807, 2.05) is 0 Å². The number of anilines is 1. The van der Waals surface area contributed by atoms with Crippen molar-refractivity contribution in [1.82, 2.24) is 0 Å². The summed E-state index contributed by atoms with van der Waals surface area (Å²) in [6, 6.07) is 9.20. The minimum atomic E-state index is -4.43. The molecule has 0 saturated carbocycles. The van der Waals surface area contributed by atoms with Crippen molar-refractivity contribution in [2.75, 3.05) is 19.5 Å². The predicted molar refractivity (Wildman–Crippen MR) is 97.8 cm³/mol. The molecule has 0 aromatic heterocycles. The molecule has 6 nitrogen and oxygen atoms in total. The standard InChI is InChI=1S/C19H19F3N2O4/c1-12(18(25)24-15-7-5-14(6-8-15)19(20,21)22)28-23-11-13-4-9-16(26-2)17(10-13)27-3/h4-12H,1-3H3,(H,24,25)/b23-11-/t12-/m0/s1. The molecule has 0 aliphatic heterocycles. The first-order valence-electron chi connectivity index (χ1n) is 8.14. The predicted octanol–water partition coefficient (Wildman–Crippen LogP) is 4.10. The van der Waals surface area contributed by atoms with Gasteiger partial charge in [-0.2, -0.15) is 13.2 Å². The smallest absolute Gasteiger partial charge is 0.416 e. The summed E-state index contributed by atoms with van der Waals surface area (Å²) in [6.45, 7) is 1.46. The first-order chi connectivity index (χ1) is 13.2. The van der Waals surface area contributed by atoms with Gasteiger partial charge in [-0.3, -0.25) is 4.79 Å². The fraction of sp³-hybridized carbons (Fsp3) is 0.263. The van der Waals surface area contributed by atoms with Crippen LogP contribution in [0.25, 0.3) is 0 Å². The summed E-state index contributed by atoms with van der Waals surface area (Å²) in [7, 11) is 3.02. The summed E-state index contributed by atoms with van der Waals surface area (Å²) >= 11 is 0. The third-order valence-electron chi connectivity index (χ3n) is 3.68. The molecular weight excluding hydrogens is 377 g/mol. The van der Waals surface area contributed by atoms with Crippen molar-refractivity contribution in [2.45, 2.75) is 19.2 Å². The molecule has 1 amide bonds. The van der Waals surface area contributed by atoms with Gasteiger partial charge in [0, 0.05) is 11.3 Å². The molecule has 0 unspecified atom stereocenters. The highest BCUT2D eigenvalue weighted by atomic mass is 19.4. The monoisotopic (exact) mass is 396 g/mol. The lowest BCUT2D eigenvalue weighted by Gasteiger charge is -2.12. The van der Waals surface area contributed by atoms with Gasteiger partial charge < -0.3 is 19.6 Å². The molecule has 28 heavy (non-hydrogen) atoms. The third kappa shape index (κ3) is 5.63. The second-order valence-corrected chi connectivity index (χ2v) is 5.66. The zero-order chi connectivity index (χ0) is 20.7. The number of alkyl halides is 3. The van der Waals surface area contributed by atoms with Gasteiger partial charge in [0.25, 0.3) is 5.91 Å². The second kappa shape index (κ2) is 9.12. The molecule has 150 valence electrons. The molecule has 0 aliphatic carbocycles. The van der Waals surface area contributed by atoms with Crippen molar-refractivity contribution in [3.05, 3.63) is 53.6 Å². The van der Waals surface area contributed by atoms with E-state index in [0.717, 1.165) is 12.1 Å². The highest BCUT2D eigenvalue weighted by Crippen LogP contribution is 2.30. The van der Waals surface area contributed by atoms with Crippen molar-refractivity contribution in [1.29, 1.82) is 0 Å². The highest BCUT2D eigenvalue weighted by molar-refractivity contribution is 5.94. The number of hydrogen-bond donors (Lipinski definition) is 1. The van der Waals surface area contributed by atoms with Gasteiger partial charge in [0.05, 0.1) is 26.0 Å². The summed E-state index contributed by atoms with van der Waals surface area (Å²) in [5, 5.41) is 6.21. The second-order valence-electron chi connectivity index (χ2n) is 5.66. The lowest BCUT2D eigenvalue weighted by Crippen LogP contribution is -2.26. The van der Waals surface area contributed by atoms with Gasteiger partial charge in [-0.05, 0) is 49.4 Å². The van der Waals surface area contributed by atoms with Gasteiger partial charge >= 0.3 is 6.18 Å². The Morgan fingerprint density at radius 3 is 2.29 bits per heavy atom. The molecule has 0 spiro atoms. The van der Waals surface area contributed by atoms with Crippen LogP contribution in [0.4, 0.5) is 18.9 Å². The Bertz CT molecular complexity index is 836. The van der Waals surface area contributed by atoms with Crippen LogP contribution in [0.5, 0.6) is 11.5 Å². The van der Waals surface area contributed by atoms with E-state index in [-0.39, 0.29) is 5.69 Å². The molecule has 2 rings (SSSR count). The van der Waals surface area contributed by atoms with Crippen LogP contribution in [-0.2, 0) is 15.8 Å². The largest absolute Gasteiger partial charge is 0.493 e. The van der Waals surface area contributed by atoms with Gasteiger partial charge in [0.1, 0.15) is 0 Å². The number of carbonyl (C=O) groups is 1. The van der Waals surface area contributed by atoms with Gasteiger partial charge in [-0.1, -0.05) is 5.16 Å². The van der Waals surface area contributed by atoms with Crippen molar-refractivity contribution in [2.24, 2.45) is 5.16 Å². The van der Waals surface area contributed by atoms with E-state index in [2.05, 4.69) is 10.5 Å². The number of benzene rings is 2. The maximum Gasteiger partial charge on any atom is 0.416 e. The summed E-state index contributed by atoms with van der Waals surface area (Å²) in [4.78, 5) is 17.1. The molecule has 1 N–H and O–H groups in total. The number of oxime groups is 1. The first-order valence-corrected chi connectivity index (χ1v) is 8.14. The third-order valence-corrected chi connectivity index (χ3v) is 3.68. The number of amides is 1. The number of methoxy groups -OCH3 is 2. The molecule has 0 radical (unpaired) electrons. The van der Waals surface area contributed by atoms with Crippen LogP contribution in [0, 0.1) is 0 Å². The SMILES string of the molecule is COc1ccc(/C=N\O[C@@H](C)C(=O)Nc2ccc(C(F)(F)F)cc2)cc1OC. The zero-order valence-corrected chi connectivity index (χ0v) is 15.4. The minimum Gasteiger partial charge on any atom is -0.493 e. The van der Waals surface area contributed by atoms with Gasteiger partial charge in [-0.15, -0.1) is 0 Å². The van der Waals surface area contributed by atoms with Crippen LogP contribution >= 0.6 is 0 Å². The lowest BCUT2D eigenvalue weighted by molar-refractivity contribution is -0.137. The van der Waals surface area contributed by atoms with Crippen molar-refractivity contribution < 1.29 is 32.3 Å². The van der Waals surface area contributed by atoms with Crippen LogP contribution in [0.15, 0.2) is 47.6 Å². The van der Waals surface area contributed by atoms with Crippen LogP contribution < -0.4 is 14.8 Å². The average Bonchev–Trinajstić information content (AvgIpc) is 2.67. The van der Waals surface area contributed by atoms with Gasteiger partial charge in [0.15, 0.2) is 11.5 Å². The number of halogens is 3. The van der Waals surface area contributed by atoms with Crippen molar-refractivity contribution in [3.8, 4) is 11.5 Å². The molecule has 0 heterocycles. The summed E-state index contributed by atoms with van der Waals surface area (Å²) < 4.78 is 47.9. The minimum absolute atomic E-state index is 0.220. The molecule has 0 aliphatic rings. The van der Waals surface area contributed by atoms with Gasteiger partial charge in [0.2, 0.25) is 6.10 Å². The fourth-order valence-corrected chi connectivity index (χ4v) is 2.15. The van der Waals surface area contributed by atoms with Gasteiger partial charge in [-0.25, -0.2) is 0 Å². The Kier molecular flexibility index (Phi) is 6.86. The molecule has 2 aromatic carbocycles. The number of nitrogens with zero attached hydrogens (tertiary/aromatic N) is 1. The quantitative estimate of drug-likeness (QED) is 0.565. The van der Waals surface area contributed by atoms with Crippen molar-refractivity contribution in [3.63, 3.8) is 0 Å². The maximum absolute atomic E-state index is 12.5. The normalized spacial score (nSPS) is 12.5. The van der Waals surface area contributed by atoms with E-state index in [4.69, 9.17) is 14.3 Å². The first kappa shape index (κ1) is 21.1. The van der Waals surface area contributed by atoms with Crippen LogP contribution in [-0.4, -0.2) is 32.4 Å². The maximum atomic E-state index is 12.5. The molecule has 0 fully saturated rings. The number of nitrogens with one attached hydrogen (secondary N) is 1. The molecule has 1 atom stereocenters. The molecule has 0 saturated heterocycles. The summed E-state index contributed by atoms with van der Waals surface area (Å²) in [6.07, 6.45) is -4.00. The van der Waals surface area contributed by atoms with Crippen LogP contribution in [0.1, 0.15) is 18.1 Å². The zero-order valence-electron chi connectivity index (χ0n) is 15.4. The topological polar surface area (TPSA) is 69.2 Å². The van der Waals surface area contributed by atoms with E-state index in [1.165, 1.54) is 39.5 Å². The Morgan fingerprint density at radius 2 is 1.71 bits per heavy atom. The molecule has 9 heteroatoms. The lowest BCUT2D eigenvalue weighted by atomic mass is 10.2. The Morgan fingerprint density at radius 1 is 1.07 bits per heavy atom. The Labute approximate surface area is 159 Å². The number of ether oxygens (including phenoxy) is 2. The highest BCUT2D eigenvalue weighted by Gasteiger charge is 2.30. The van der Waals surface area contributed by atoms with E-state index in [1.54, 1.807) is 18.2 Å². The summed E-state index contributed by atoms with van der Waals surface area (Å²) in [5.74, 6) is 0.522. The summed E-state index contributed by atoms with van der Waals surface area (Å²) in [5.41, 5.74) is 0.0830. The molecule has 2 aromatic rings. The number of carbonyl (C=O) groups excluding carboxylic acids is 1. The fourth-order valence-electron chi connectivity index (χ4n) is 2.15. The van der Waals surface area contributed by atoms with E-state index >= 15 is 0 Å². The molecule has 0 bridgehead atoms. The molecular formula is C19H19F3N2O4.